The molecule has 0 saturated carbocycles. The summed E-state index contributed by atoms with van der Waals surface area (Å²) >= 11 is 9.54. The molecular weight excluding hydrogens is 640 g/mol. The van der Waals surface area contributed by atoms with Gasteiger partial charge in [0.25, 0.3) is 5.91 Å². The average Bonchev–Trinajstić information content (AvgIpc) is 2.95. The Morgan fingerprint density at radius 1 is 1.12 bits per heavy atom. The lowest BCUT2D eigenvalue weighted by atomic mass is 9.95. The molecule has 0 bridgehead atoms. The maximum atomic E-state index is 12.6. The number of nitrogens with one attached hydrogen (secondary N) is 3. The number of methoxy groups -OCH3 is 2. The summed E-state index contributed by atoms with van der Waals surface area (Å²) in [4.78, 5) is 48.3. The first-order chi connectivity index (χ1) is 20.1. The molecule has 224 valence electrons. The van der Waals surface area contributed by atoms with E-state index in [1.807, 2.05) is 0 Å². The van der Waals surface area contributed by atoms with Crippen molar-refractivity contribution in [2.45, 2.75) is 19.9 Å². The zero-order chi connectivity index (χ0) is 30.8. The number of rotatable bonds is 12. The summed E-state index contributed by atoms with van der Waals surface area (Å²) in [5.41, 5.74) is 4.04. The van der Waals surface area contributed by atoms with Gasteiger partial charge in [-0.25, -0.2) is 19.8 Å². The Morgan fingerprint density at radius 2 is 1.88 bits per heavy atom. The van der Waals surface area contributed by atoms with Gasteiger partial charge in [0.2, 0.25) is 0 Å². The highest BCUT2D eigenvalue weighted by atomic mass is 79.9. The molecular formula is C27H28BrClN4O9. The molecule has 1 aliphatic heterocycles. The number of esters is 2. The molecule has 3 N–H and O–H groups in total. The number of hydrogen-bond acceptors (Lipinski definition) is 10. The van der Waals surface area contributed by atoms with Crippen LogP contribution in [0.5, 0.6) is 17.2 Å². The number of urea groups is 1. The Kier molecular flexibility index (Phi) is 11.6. The first kappa shape index (κ1) is 32.2. The van der Waals surface area contributed by atoms with Crippen LogP contribution in [0.15, 0.2) is 51.2 Å². The predicted molar refractivity (Wildman–Crippen MR) is 155 cm³/mol. The van der Waals surface area contributed by atoms with Crippen molar-refractivity contribution in [3.05, 3.63) is 62.2 Å². The van der Waals surface area contributed by atoms with Crippen LogP contribution < -0.4 is 30.3 Å². The fraction of sp³-hybridized carbons (Fsp3) is 0.296. The van der Waals surface area contributed by atoms with Gasteiger partial charge in [-0.15, -0.1) is 0 Å². The molecule has 0 unspecified atom stereocenters. The summed E-state index contributed by atoms with van der Waals surface area (Å²) in [7, 11) is 2.66. The number of hydrogen-bond donors (Lipinski definition) is 3. The zero-order valence-corrected chi connectivity index (χ0v) is 25.4. The first-order valence-corrected chi connectivity index (χ1v) is 13.5. The molecule has 0 spiro atoms. The molecule has 0 aliphatic carbocycles. The Morgan fingerprint density at radius 3 is 2.55 bits per heavy atom. The van der Waals surface area contributed by atoms with E-state index in [-0.39, 0.29) is 41.1 Å². The van der Waals surface area contributed by atoms with E-state index in [1.54, 1.807) is 38.1 Å². The van der Waals surface area contributed by atoms with Gasteiger partial charge in [0, 0.05) is 5.70 Å². The van der Waals surface area contributed by atoms with Crippen molar-refractivity contribution in [2.24, 2.45) is 5.10 Å². The van der Waals surface area contributed by atoms with Crippen LogP contribution in [0.4, 0.5) is 4.79 Å². The van der Waals surface area contributed by atoms with Crippen LogP contribution in [0.25, 0.3) is 0 Å². The second kappa shape index (κ2) is 15.1. The number of carbonyl (C=O) groups excluding carboxylic acids is 4. The third kappa shape index (κ3) is 8.36. The van der Waals surface area contributed by atoms with Crippen LogP contribution in [0, 0.1) is 0 Å². The molecule has 0 saturated heterocycles. The van der Waals surface area contributed by atoms with E-state index in [9.17, 15) is 19.2 Å². The topological polar surface area (TPSA) is 163 Å². The van der Waals surface area contributed by atoms with Gasteiger partial charge in [0.05, 0.1) is 48.2 Å². The van der Waals surface area contributed by atoms with Crippen LogP contribution >= 0.6 is 27.5 Å². The monoisotopic (exact) mass is 666 g/mol. The van der Waals surface area contributed by atoms with Crippen molar-refractivity contribution in [3.63, 3.8) is 0 Å². The molecule has 0 aromatic heterocycles. The van der Waals surface area contributed by atoms with Gasteiger partial charge in [-0.1, -0.05) is 17.7 Å². The first-order valence-electron chi connectivity index (χ1n) is 12.3. The summed E-state index contributed by atoms with van der Waals surface area (Å²) < 4.78 is 26.5. The van der Waals surface area contributed by atoms with Gasteiger partial charge >= 0.3 is 18.0 Å². The number of ether oxygens (including phenoxy) is 5. The number of benzene rings is 2. The van der Waals surface area contributed by atoms with Gasteiger partial charge in [-0.05, 0) is 65.2 Å². The molecule has 1 heterocycles. The van der Waals surface area contributed by atoms with Crippen molar-refractivity contribution < 1.29 is 42.9 Å². The molecule has 0 radical (unpaired) electrons. The quantitative estimate of drug-likeness (QED) is 0.175. The third-order valence-electron chi connectivity index (χ3n) is 5.63. The van der Waals surface area contributed by atoms with Crippen molar-refractivity contribution in [1.29, 1.82) is 0 Å². The van der Waals surface area contributed by atoms with Gasteiger partial charge in [0.1, 0.15) is 0 Å². The average molecular weight is 668 g/mol. The summed E-state index contributed by atoms with van der Waals surface area (Å²) in [5, 5.41) is 9.40. The Hall–Kier alpha value is -4.30. The second-order valence-electron chi connectivity index (χ2n) is 8.46. The molecule has 0 fully saturated rings. The Labute approximate surface area is 254 Å². The lowest BCUT2D eigenvalue weighted by Crippen LogP contribution is -2.45. The van der Waals surface area contributed by atoms with Crippen molar-refractivity contribution >= 4 is 57.6 Å². The van der Waals surface area contributed by atoms with Gasteiger partial charge in [0.15, 0.2) is 30.5 Å². The number of allylic oxidation sites excluding steroid dienone is 1. The molecule has 3 amide bonds. The van der Waals surface area contributed by atoms with Crippen LogP contribution in [0.3, 0.4) is 0 Å². The van der Waals surface area contributed by atoms with Crippen molar-refractivity contribution in [1.82, 2.24) is 16.1 Å². The largest absolute Gasteiger partial charge is 0.493 e. The summed E-state index contributed by atoms with van der Waals surface area (Å²) in [6.45, 7) is 2.76. The molecule has 3 rings (SSSR count). The van der Waals surface area contributed by atoms with Gasteiger partial charge in [-0.3, -0.25) is 4.79 Å². The van der Waals surface area contributed by atoms with Crippen LogP contribution in [0.2, 0.25) is 5.02 Å². The smallest absolute Gasteiger partial charge is 0.343 e. The van der Waals surface area contributed by atoms with E-state index in [1.165, 1.54) is 26.5 Å². The zero-order valence-electron chi connectivity index (χ0n) is 23.0. The minimum Gasteiger partial charge on any atom is -0.493 e. The minimum atomic E-state index is -0.791. The van der Waals surface area contributed by atoms with Crippen LogP contribution in [-0.4, -0.2) is 64.1 Å². The maximum absolute atomic E-state index is 12.6. The molecule has 2 aromatic carbocycles. The van der Waals surface area contributed by atoms with Gasteiger partial charge in [-0.2, -0.15) is 5.10 Å². The predicted octanol–water partition coefficient (Wildman–Crippen LogP) is 3.38. The lowest BCUT2D eigenvalue weighted by Gasteiger charge is -2.28. The molecule has 15 heteroatoms. The van der Waals surface area contributed by atoms with E-state index in [0.717, 1.165) is 0 Å². The molecule has 1 aliphatic rings. The van der Waals surface area contributed by atoms with E-state index in [4.69, 9.17) is 30.5 Å². The summed E-state index contributed by atoms with van der Waals surface area (Å²) in [6, 6.07) is 6.68. The summed E-state index contributed by atoms with van der Waals surface area (Å²) in [5.74, 6) is -0.922. The highest BCUT2D eigenvalue weighted by molar-refractivity contribution is 9.10. The standard InChI is InChI=1S/C27H28BrClN4O9/c1-5-40-26(36)23-14(2)31-27(37)32-24(23)16-6-7-19(20(10-16)38-3)41-12-21(34)33-30-11-15-8-17(28)25(18(29)9-15)42-13-22(35)39-4/h6-11,24H,5,12-13H2,1-4H3,(H,33,34)(H2,31,32,37)/b30-11-/t24-/m0/s1. The van der Waals surface area contributed by atoms with E-state index in [0.29, 0.717) is 21.3 Å². The second-order valence-corrected chi connectivity index (χ2v) is 9.72. The third-order valence-corrected chi connectivity index (χ3v) is 6.50. The highest BCUT2D eigenvalue weighted by Gasteiger charge is 2.32. The number of carbonyl (C=O) groups is 4. The number of amides is 3. The molecule has 13 nitrogen and oxygen atoms in total. The van der Waals surface area contributed by atoms with E-state index < -0.39 is 36.5 Å². The normalized spacial score (nSPS) is 14.5. The fourth-order valence-corrected chi connectivity index (χ4v) is 4.73. The molecule has 1 atom stereocenters. The highest BCUT2D eigenvalue weighted by Crippen LogP contribution is 2.35. The molecule has 42 heavy (non-hydrogen) atoms. The number of nitrogens with zero attached hydrogens (tertiary/aromatic N) is 1. The SMILES string of the molecule is CCOC(=O)C1=C(C)NC(=O)N[C@H]1c1ccc(OCC(=O)N/N=C\c2cc(Cl)c(OCC(=O)OC)c(Br)c2)c(OC)c1. The minimum absolute atomic E-state index is 0.170. The Balaban J connectivity index is 1.64. The molecule has 2 aromatic rings. The fourth-order valence-electron chi connectivity index (χ4n) is 3.74. The number of halogens is 2. The van der Waals surface area contributed by atoms with Crippen LogP contribution in [-0.2, 0) is 23.9 Å². The Bertz CT molecular complexity index is 1410. The van der Waals surface area contributed by atoms with E-state index >= 15 is 0 Å². The van der Waals surface area contributed by atoms with Crippen molar-refractivity contribution in [3.8, 4) is 17.2 Å². The van der Waals surface area contributed by atoms with E-state index in [2.05, 4.69) is 41.8 Å². The maximum Gasteiger partial charge on any atom is 0.343 e. The lowest BCUT2D eigenvalue weighted by molar-refractivity contribution is -0.143. The van der Waals surface area contributed by atoms with Gasteiger partial charge < -0.3 is 34.3 Å². The number of hydrazone groups is 1. The van der Waals surface area contributed by atoms with Crippen LogP contribution in [0.1, 0.15) is 31.0 Å². The van der Waals surface area contributed by atoms with Crippen molar-refractivity contribution in [2.75, 3.05) is 34.0 Å². The summed E-state index contributed by atoms with van der Waals surface area (Å²) in [6.07, 6.45) is 1.36.